The van der Waals surface area contributed by atoms with Crippen LogP contribution in [0, 0.1) is 0 Å². The fraction of sp³-hybridized carbons (Fsp3) is 0.0217. The predicted molar refractivity (Wildman–Crippen MR) is 202 cm³/mol. The summed E-state index contributed by atoms with van der Waals surface area (Å²) in [5.41, 5.74) is 10.4. The first-order valence-electron chi connectivity index (χ1n) is 17.0. The molecule has 0 unspecified atom stereocenters. The van der Waals surface area contributed by atoms with Gasteiger partial charge in [-0.15, -0.1) is 0 Å². The van der Waals surface area contributed by atoms with Crippen LogP contribution < -0.4 is 0 Å². The van der Waals surface area contributed by atoms with Gasteiger partial charge in [-0.1, -0.05) is 170 Å². The van der Waals surface area contributed by atoms with Gasteiger partial charge in [0.15, 0.2) is 11.6 Å². The van der Waals surface area contributed by atoms with Gasteiger partial charge in [-0.2, -0.15) is 9.97 Å². The number of para-hydroxylation sites is 2. The minimum atomic E-state index is -0.774. The van der Waals surface area contributed by atoms with Gasteiger partial charge in [-0.25, -0.2) is 4.98 Å². The molecule has 0 spiro atoms. The number of rotatable bonds is 5. The quantitative estimate of drug-likeness (QED) is 0.188. The zero-order valence-electron chi connectivity index (χ0n) is 27.1. The molecule has 2 heterocycles. The summed E-state index contributed by atoms with van der Waals surface area (Å²) >= 11 is 0. The molecule has 0 radical (unpaired) electrons. The summed E-state index contributed by atoms with van der Waals surface area (Å²) in [6, 6.07) is 64.1. The second-order valence-electron chi connectivity index (χ2n) is 12.8. The number of benzene rings is 7. The number of nitrogens with zero attached hydrogens (tertiary/aromatic N) is 4. The summed E-state index contributed by atoms with van der Waals surface area (Å²) in [4.78, 5) is 16.3. The summed E-state index contributed by atoms with van der Waals surface area (Å²) in [5.74, 6) is 1.91. The van der Waals surface area contributed by atoms with Gasteiger partial charge in [0.05, 0.1) is 11.0 Å². The fourth-order valence-electron chi connectivity index (χ4n) is 7.95. The van der Waals surface area contributed by atoms with Crippen LogP contribution in [0.3, 0.4) is 0 Å². The molecule has 0 fully saturated rings. The maximum Gasteiger partial charge on any atom is 0.238 e. The van der Waals surface area contributed by atoms with Crippen LogP contribution in [0.4, 0.5) is 0 Å². The van der Waals surface area contributed by atoms with E-state index in [1.54, 1.807) is 0 Å². The van der Waals surface area contributed by atoms with Crippen molar-refractivity contribution in [1.29, 1.82) is 0 Å². The maximum absolute atomic E-state index is 5.54. The van der Waals surface area contributed by atoms with Crippen LogP contribution in [-0.4, -0.2) is 19.5 Å². The van der Waals surface area contributed by atoms with E-state index in [0.29, 0.717) is 17.6 Å². The lowest BCUT2D eigenvalue weighted by Crippen LogP contribution is -2.32. The molecule has 4 nitrogen and oxygen atoms in total. The van der Waals surface area contributed by atoms with E-state index in [9.17, 15) is 0 Å². The molecule has 1 aliphatic carbocycles. The standard InChI is InChI=1S/C46H30N4/c1-3-15-31(16-4-1)32-27-29-33(30-28-32)43-47-44(49-45(48-43)50-41-25-13-9-21-37(41)38-22-10-14-26-42(38)50)46(34-17-5-2-6-18-34)39-23-11-7-19-35(39)36-20-8-12-24-40(36)46/h1-30H. The molecule has 0 saturated carbocycles. The molecule has 0 amide bonds. The van der Waals surface area contributed by atoms with Crippen molar-refractivity contribution in [3.63, 3.8) is 0 Å². The summed E-state index contributed by atoms with van der Waals surface area (Å²) in [6.07, 6.45) is 0. The molecule has 0 bridgehead atoms. The number of hydrogen-bond acceptors (Lipinski definition) is 3. The third-order valence-electron chi connectivity index (χ3n) is 10.1. The van der Waals surface area contributed by atoms with Crippen molar-refractivity contribution >= 4 is 21.8 Å². The number of hydrogen-bond donors (Lipinski definition) is 0. The Kier molecular flexibility index (Phi) is 6.36. The van der Waals surface area contributed by atoms with Crippen LogP contribution in [-0.2, 0) is 5.41 Å². The van der Waals surface area contributed by atoms with E-state index in [4.69, 9.17) is 15.0 Å². The summed E-state index contributed by atoms with van der Waals surface area (Å²) in [5, 5.41) is 2.32. The highest BCUT2D eigenvalue weighted by Gasteiger charge is 2.48. The third-order valence-corrected chi connectivity index (χ3v) is 10.1. The van der Waals surface area contributed by atoms with Crippen LogP contribution in [0.25, 0.3) is 61.4 Å². The number of aromatic nitrogens is 4. The Hall–Kier alpha value is -6.65. The Bertz CT molecular complexity index is 2590. The summed E-state index contributed by atoms with van der Waals surface area (Å²) in [6.45, 7) is 0. The molecule has 0 atom stereocenters. The second kappa shape index (κ2) is 11.2. The minimum absolute atomic E-state index is 0.590. The highest BCUT2D eigenvalue weighted by atomic mass is 15.2. The Morgan fingerprint density at radius 1 is 0.380 bits per heavy atom. The van der Waals surface area contributed by atoms with E-state index in [1.165, 1.54) is 16.7 Å². The molecule has 10 rings (SSSR count). The van der Waals surface area contributed by atoms with Crippen molar-refractivity contribution in [2.45, 2.75) is 5.41 Å². The van der Waals surface area contributed by atoms with Crippen LogP contribution in [0.15, 0.2) is 182 Å². The fourth-order valence-corrected chi connectivity index (χ4v) is 7.95. The first-order valence-corrected chi connectivity index (χ1v) is 17.0. The average molecular weight is 639 g/mol. The van der Waals surface area contributed by atoms with E-state index in [1.807, 2.05) is 6.07 Å². The van der Waals surface area contributed by atoms with Gasteiger partial charge in [0.1, 0.15) is 5.41 Å². The lowest BCUT2D eigenvalue weighted by atomic mass is 9.71. The highest BCUT2D eigenvalue weighted by molar-refractivity contribution is 6.09. The van der Waals surface area contributed by atoms with Crippen LogP contribution >= 0.6 is 0 Å². The van der Waals surface area contributed by atoms with Gasteiger partial charge in [0.2, 0.25) is 5.95 Å². The number of fused-ring (bicyclic) bond motifs is 6. The molecule has 4 heteroatoms. The molecule has 50 heavy (non-hydrogen) atoms. The third kappa shape index (κ3) is 4.15. The minimum Gasteiger partial charge on any atom is -0.278 e. The predicted octanol–water partition coefficient (Wildman–Crippen LogP) is 10.7. The van der Waals surface area contributed by atoms with Crippen molar-refractivity contribution in [3.8, 4) is 39.6 Å². The zero-order valence-corrected chi connectivity index (χ0v) is 27.1. The van der Waals surface area contributed by atoms with Gasteiger partial charge < -0.3 is 0 Å². The van der Waals surface area contributed by atoms with Crippen molar-refractivity contribution in [2.75, 3.05) is 0 Å². The van der Waals surface area contributed by atoms with Crippen molar-refractivity contribution in [1.82, 2.24) is 19.5 Å². The molecular formula is C46H30N4. The smallest absolute Gasteiger partial charge is 0.238 e. The summed E-state index contributed by atoms with van der Waals surface area (Å²) in [7, 11) is 0. The van der Waals surface area contributed by atoms with Gasteiger partial charge in [-0.3, -0.25) is 4.57 Å². The van der Waals surface area contributed by atoms with Gasteiger partial charge in [-0.05, 0) is 51.1 Å². The second-order valence-corrected chi connectivity index (χ2v) is 12.8. The van der Waals surface area contributed by atoms with Gasteiger partial charge in [0, 0.05) is 16.3 Å². The highest BCUT2D eigenvalue weighted by Crippen LogP contribution is 2.55. The lowest BCUT2D eigenvalue weighted by Gasteiger charge is -2.32. The van der Waals surface area contributed by atoms with Crippen molar-refractivity contribution < 1.29 is 0 Å². The molecule has 2 aromatic heterocycles. The van der Waals surface area contributed by atoms with E-state index in [0.717, 1.165) is 49.6 Å². The molecule has 0 N–H and O–H groups in total. The van der Waals surface area contributed by atoms with Crippen LogP contribution in [0.5, 0.6) is 0 Å². The molecule has 1 aliphatic rings. The van der Waals surface area contributed by atoms with Crippen molar-refractivity contribution in [2.24, 2.45) is 0 Å². The Morgan fingerprint density at radius 2 is 0.860 bits per heavy atom. The van der Waals surface area contributed by atoms with Crippen LogP contribution in [0.2, 0.25) is 0 Å². The molecule has 234 valence electrons. The zero-order chi connectivity index (χ0) is 33.1. The van der Waals surface area contributed by atoms with Crippen molar-refractivity contribution in [3.05, 3.63) is 205 Å². The molecule has 7 aromatic carbocycles. The van der Waals surface area contributed by atoms with Gasteiger partial charge in [0.25, 0.3) is 0 Å². The van der Waals surface area contributed by atoms with Gasteiger partial charge >= 0.3 is 0 Å². The first kappa shape index (κ1) is 28.4. The Balaban J connectivity index is 1.31. The average Bonchev–Trinajstić information content (AvgIpc) is 3.70. The molecule has 0 aliphatic heterocycles. The van der Waals surface area contributed by atoms with E-state index in [-0.39, 0.29) is 0 Å². The monoisotopic (exact) mass is 638 g/mol. The maximum atomic E-state index is 5.54. The lowest BCUT2D eigenvalue weighted by molar-refractivity contribution is 0.683. The topological polar surface area (TPSA) is 43.6 Å². The van der Waals surface area contributed by atoms with E-state index >= 15 is 0 Å². The van der Waals surface area contributed by atoms with E-state index < -0.39 is 5.41 Å². The Morgan fingerprint density at radius 3 is 1.48 bits per heavy atom. The molecule has 9 aromatic rings. The SMILES string of the molecule is c1ccc(-c2ccc(-c3nc(-n4c5ccccc5c5ccccc54)nc(C4(c5ccccc5)c5ccccc5-c5ccccc54)n3)cc2)cc1. The summed E-state index contributed by atoms with van der Waals surface area (Å²) < 4.78 is 2.20. The molecule has 0 saturated heterocycles. The largest absolute Gasteiger partial charge is 0.278 e. The van der Waals surface area contributed by atoms with Crippen LogP contribution in [0.1, 0.15) is 22.5 Å². The van der Waals surface area contributed by atoms with E-state index in [2.05, 4.69) is 180 Å². The molecular weight excluding hydrogens is 609 g/mol. The Labute approximate surface area is 290 Å². The first-order chi connectivity index (χ1) is 24.8. The normalized spacial score (nSPS) is 13.0.